The summed E-state index contributed by atoms with van der Waals surface area (Å²) in [5.74, 6) is -5.57. The normalized spacial score (nSPS) is 24.8. The molecule has 4 rings (SSSR count). The molecule has 4 N–H and O–H groups in total. The van der Waals surface area contributed by atoms with E-state index in [2.05, 4.69) is 0 Å². The number of benzene rings is 2. The van der Waals surface area contributed by atoms with Crippen LogP contribution in [-0.2, 0) is 16.1 Å². The van der Waals surface area contributed by atoms with Crippen LogP contribution >= 0.6 is 0 Å². The van der Waals surface area contributed by atoms with Gasteiger partial charge in [0.05, 0.1) is 12.7 Å². The molecule has 2 aliphatic rings. The largest absolute Gasteiger partial charge is 0.504 e. The number of ether oxygens (including phenoxy) is 3. The van der Waals surface area contributed by atoms with Gasteiger partial charge in [-0.25, -0.2) is 0 Å². The van der Waals surface area contributed by atoms with E-state index < -0.39 is 40.2 Å². The molecule has 2 heterocycles. The van der Waals surface area contributed by atoms with E-state index in [0.717, 1.165) is 6.07 Å². The lowest BCUT2D eigenvalue weighted by atomic mass is 9.76. The molecule has 9 heteroatoms. The first-order chi connectivity index (χ1) is 13.1. The monoisotopic (exact) mass is 388 g/mol. The fraction of sp³-hybridized carbons (Fsp3) is 0.263. The van der Waals surface area contributed by atoms with Crippen LogP contribution in [0.3, 0.4) is 0 Å². The van der Waals surface area contributed by atoms with E-state index >= 15 is 0 Å². The molecular weight excluding hydrogens is 372 g/mol. The average molecular weight is 388 g/mol. The van der Waals surface area contributed by atoms with Crippen molar-refractivity contribution >= 4 is 12.1 Å². The fourth-order valence-electron chi connectivity index (χ4n) is 3.94. The molecule has 2 aromatic carbocycles. The Morgan fingerprint density at radius 2 is 1.71 bits per heavy atom. The number of carbonyl (C=O) groups excluding carboxylic acids is 2. The van der Waals surface area contributed by atoms with E-state index in [1.807, 2.05) is 0 Å². The van der Waals surface area contributed by atoms with Crippen LogP contribution in [0.2, 0.25) is 0 Å². The summed E-state index contributed by atoms with van der Waals surface area (Å²) < 4.78 is 16.6. The quantitative estimate of drug-likeness (QED) is 0.449. The van der Waals surface area contributed by atoms with Gasteiger partial charge >= 0.3 is 0 Å². The Hall–Kier alpha value is -3.46. The van der Waals surface area contributed by atoms with Gasteiger partial charge in [0.1, 0.15) is 0 Å². The second-order valence-corrected chi connectivity index (χ2v) is 6.87. The maximum absolute atomic E-state index is 13.4. The predicted molar refractivity (Wildman–Crippen MR) is 92.2 cm³/mol. The number of carbonyl (C=O) groups is 2. The first-order valence-electron chi connectivity index (χ1n) is 8.21. The highest BCUT2D eigenvalue weighted by Gasteiger charge is 2.59. The lowest BCUT2D eigenvalue weighted by Crippen LogP contribution is -2.55. The van der Waals surface area contributed by atoms with Crippen molar-refractivity contribution in [1.29, 1.82) is 0 Å². The molecule has 9 nitrogen and oxygen atoms in total. The molecule has 0 aliphatic carbocycles. The summed E-state index contributed by atoms with van der Waals surface area (Å²) in [5.41, 5.74) is -2.17. The number of phenolic OH excluding ortho intramolecular Hbond substituents is 4. The highest BCUT2D eigenvalue weighted by atomic mass is 16.7. The number of phenols is 4. The van der Waals surface area contributed by atoms with Gasteiger partial charge in [-0.3, -0.25) is 9.59 Å². The van der Waals surface area contributed by atoms with Crippen LogP contribution in [-0.4, -0.2) is 39.6 Å². The number of hydrogen-bond acceptors (Lipinski definition) is 9. The van der Waals surface area contributed by atoms with Gasteiger partial charge in [0.2, 0.25) is 17.3 Å². The molecule has 0 saturated heterocycles. The van der Waals surface area contributed by atoms with Crippen molar-refractivity contribution in [2.24, 2.45) is 0 Å². The van der Waals surface area contributed by atoms with Gasteiger partial charge in [0.15, 0.2) is 40.7 Å². The number of fused-ring (bicyclic) bond motifs is 6. The van der Waals surface area contributed by atoms with Gasteiger partial charge in [-0.2, -0.15) is 0 Å². The van der Waals surface area contributed by atoms with Gasteiger partial charge in [0, 0.05) is 23.6 Å². The van der Waals surface area contributed by atoms with Crippen molar-refractivity contribution < 1.29 is 44.2 Å². The number of rotatable bonds is 2. The van der Waals surface area contributed by atoms with Crippen LogP contribution in [0.1, 0.15) is 45.7 Å². The van der Waals surface area contributed by atoms with Crippen molar-refractivity contribution in [3.05, 3.63) is 34.4 Å². The van der Waals surface area contributed by atoms with Crippen molar-refractivity contribution in [3.63, 3.8) is 0 Å². The van der Waals surface area contributed by atoms with Gasteiger partial charge in [-0.05, 0) is 19.1 Å². The maximum Gasteiger partial charge on any atom is 0.240 e. The molecule has 0 aromatic heterocycles. The van der Waals surface area contributed by atoms with Crippen LogP contribution in [0, 0.1) is 0 Å². The first kappa shape index (κ1) is 17.9. The third kappa shape index (κ3) is 1.93. The summed E-state index contributed by atoms with van der Waals surface area (Å²) in [6.45, 7) is 2.76. The lowest BCUT2D eigenvalue weighted by molar-refractivity contribution is -0.255. The standard InChI is InChI=1S/C19H16O9/c1-18-11-7(6-20)4-9(21)13(22)16(11)27-19(2,28-18)12-8(17(18)25)5-10(26-3)14(23)15(12)24/h4-6,21-24H,1-3H3/t18-,19-/m0/s1. The molecule has 2 atom stereocenters. The third-order valence-corrected chi connectivity index (χ3v) is 5.16. The molecule has 0 spiro atoms. The summed E-state index contributed by atoms with van der Waals surface area (Å²) in [6.07, 6.45) is 0.399. The lowest BCUT2D eigenvalue weighted by Gasteiger charge is -2.49. The van der Waals surface area contributed by atoms with E-state index in [1.54, 1.807) is 0 Å². The van der Waals surface area contributed by atoms with E-state index in [-0.39, 0.29) is 33.8 Å². The Morgan fingerprint density at radius 1 is 1.04 bits per heavy atom. The van der Waals surface area contributed by atoms with E-state index in [4.69, 9.17) is 14.2 Å². The first-order valence-corrected chi connectivity index (χ1v) is 8.21. The molecule has 0 radical (unpaired) electrons. The molecule has 28 heavy (non-hydrogen) atoms. The van der Waals surface area contributed by atoms with E-state index in [0.29, 0.717) is 6.29 Å². The topological polar surface area (TPSA) is 143 Å². The van der Waals surface area contributed by atoms with Gasteiger partial charge in [-0.1, -0.05) is 0 Å². The zero-order valence-electron chi connectivity index (χ0n) is 15.1. The van der Waals surface area contributed by atoms with Crippen LogP contribution in [0.4, 0.5) is 0 Å². The molecular formula is C19H16O9. The Bertz CT molecular complexity index is 1070. The summed E-state index contributed by atoms with van der Waals surface area (Å²) in [7, 11) is 1.26. The van der Waals surface area contributed by atoms with Crippen molar-refractivity contribution in [3.8, 4) is 34.5 Å². The second-order valence-electron chi connectivity index (χ2n) is 6.87. The number of hydrogen-bond donors (Lipinski definition) is 4. The molecule has 2 aromatic rings. The highest BCUT2D eigenvalue weighted by Crippen LogP contribution is 2.60. The Morgan fingerprint density at radius 3 is 2.32 bits per heavy atom. The van der Waals surface area contributed by atoms with E-state index in [9.17, 15) is 30.0 Å². The van der Waals surface area contributed by atoms with Crippen LogP contribution in [0.5, 0.6) is 34.5 Å². The molecule has 2 aliphatic heterocycles. The number of aromatic hydroxyl groups is 4. The number of aldehydes is 1. The fourth-order valence-corrected chi connectivity index (χ4v) is 3.94. The predicted octanol–water partition coefficient (Wildman–Crippen LogP) is 2.02. The smallest absolute Gasteiger partial charge is 0.240 e. The summed E-state index contributed by atoms with van der Waals surface area (Å²) in [4.78, 5) is 24.9. The second kappa shape index (κ2) is 5.29. The van der Waals surface area contributed by atoms with Crippen LogP contribution < -0.4 is 9.47 Å². The zero-order valence-corrected chi connectivity index (χ0v) is 15.1. The number of Topliss-reactive ketones (excluding diaryl/α,β-unsaturated/α-hetero) is 1. The minimum absolute atomic E-state index is 0.0431. The van der Waals surface area contributed by atoms with Crippen molar-refractivity contribution in [2.45, 2.75) is 25.2 Å². The molecule has 0 fully saturated rings. The Balaban J connectivity index is 2.12. The van der Waals surface area contributed by atoms with Crippen molar-refractivity contribution in [2.75, 3.05) is 7.11 Å². The average Bonchev–Trinajstić information content (AvgIpc) is 2.64. The van der Waals surface area contributed by atoms with E-state index in [1.165, 1.54) is 27.0 Å². The maximum atomic E-state index is 13.4. The molecule has 0 unspecified atom stereocenters. The van der Waals surface area contributed by atoms with Gasteiger partial charge in [-0.15, -0.1) is 0 Å². The third-order valence-electron chi connectivity index (χ3n) is 5.16. The molecule has 0 amide bonds. The molecule has 0 saturated carbocycles. The van der Waals surface area contributed by atoms with Crippen molar-refractivity contribution in [1.82, 2.24) is 0 Å². The minimum atomic E-state index is -1.83. The van der Waals surface area contributed by atoms with Gasteiger partial charge in [0.25, 0.3) is 0 Å². The van der Waals surface area contributed by atoms with Crippen LogP contribution in [0.15, 0.2) is 12.1 Å². The molecule has 146 valence electrons. The Labute approximate surface area is 158 Å². The summed E-state index contributed by atoms with van der Waals surface area (Å²) in [5, 5.41) is 40.9. The van der Waals surface area contributed by atoms with Crippen LogP contribution in [0.25, 0.3) is 0 Å². The zero-order chi connectivity index (χ0) is 20.6. The minimum Gasteiger partial charge on any atom is -0.504 e. The number of methoxy groups -OCH3 is 1. The molecule has 2 bridgehead atoms. The number of ketones is 1. The summed E-state index contributed by atoms with van der Waals surface area (Å²) in [6, 6.07) is 2.24. The highest BCUT2D eigenvalue weighted by molar-refractivity contribution is 6.08. The SMILES string of the molecule is COc1cc2c(c(O)c1O)[C@@]1(C)Oc3c(O)c(O)cc(C=O)c3[C@](C)(O1)C2=O. The Kier molecular flexibility index (Phi) is 3.39. The van der Waals surface area contributed by atoms with Gasteiger partial charge < -0.3 is 34.6 Å². The summed E-state index contributed by atoms with van der Waals surface area (Å²) >= 11 is 0.